The van der Waals surface area contributed by atoms with Crippen LogP contribution < -0.4 is 4.74 Å². The fourth-order valence-electron chi connectivity index (χ4n) is 5.18. The van der Waals surface area contributed by atoms with Crippen LogP contribution in [0.3, 0.4) is 0 Å². The average Bonchev–Trinajstić information content (AvgIpc) is 3.26. The Labute approximate surface area is 227 Å². The van der Waals surface area contributed by atoms with Crippen molar-refractivity contribution in [1.29, 1.82) is 0 Å². The van der Waals surface area contributed by atoms with Crippen LogP contribution in [0.4, 0.5) is 0 Å². The average molecular weight is 536 g/mol. The molecule has 200 valence electrons. The van der Waals surface area contributed by atoms with Gasteiger partial charge in [0, 0.05) is 49.9 Å². The lowest BCUT2D eigenvalue weighted by Crippen LogP contribution is -2.44. The minimum Gasteiger partial charge on any atom is -0.490 e. The van der Waals surface area contributed by atoms with Gasteiger partial charge in [0.25, 0.3) is 0 Å². The number of rotatable bonds is 6. The maximum Gasteiger partial charge on any atom is 0.303 e. The number of carbonyl (C=O) groups is 3. The van der Waals surface area contributed by atoms with Crippen LogP contribution in [0, 0.1) is 0 Å². The largest absolute Gasteiger partial charge is 0.490 e. The van der Waals surface area contributed by atoms with Crippen molar-refractivity contribution >= 4 is 35.1 Å². The van der Waals surface area contributed by atoms with Crippen LogP contribution in [0.15, 0.2) is 53.4 Å². The van der Waals surface area contributed by atoms with E-state index in [-0.39, 0.29) is 18.0 Å². The van der Waals surface area contributed by atoms with E-state index >= 15 is 0 Å². The summed E-state index contributed by atoms with van der Waals surface area (Å²) in [6.45, 7) is 10.0. The maximum atomic E-state index is 12.7. The van der Waals surface area contributed by atoms with Crippen LogP contribution in [-0.4, -0.2) is 66.1 Å². The van der Waals surface area contributed by atoms with Gasteiger partial charge in [0.1, 0.15) is 34.7 Å². The molecule has 5 rings (SSSR count). The fourth-order valence-corrected chi connectivity index (χ4v) is 6.39. The number of hydrogen-bond donors (Lipinski definition) is 0. The van der Waals surface area contributed by atoms with E-state index in [4.69, 9.17) is 14.2 Å². The molecule has 0 bridgehead atoms. The van der Waals surface area contributed by atoms with Gasteiger partial charge in [-0.05, 0) is 23.1 Å². The zero-order chi connectivity index (χ0) is 27.1. The molecular formula is C30H33NO6S. The second-order valence-electron chi connectivity index (χ2n) is 11.2. The topological polar surface area (TPSA) is 82.1 Å². The van der Waals surface area contributed by atoms with Crippen LogP contribution >= 0.6 is 11.8 Å². The third-order valence-electron chi connectivity index (χ3n) is 7.18. The number of ketones is 2. The van der Waals surface area contributed by atoms with Crippen molar-refractivity contribution < 1.29 is 28.6 Å². The number of carbonyl (C=O) groups excluding carboxylic acids is 3. The zero-order valence-corrected chi connectivity index (χ0v) is 23.1. The molecule has 2 heterocycles. The van der Waals surface area contributed by atoms with Crippen molar-refractivity contribution in [2.75, 3.05) is 32.0 Å². The smallest absolute Gasteiger partial charge is 0.303 e. The van der Waals surface area contributed by atoms with E-state index in [0.717, 1.165) is 18.7 Å². The lowest BCUT2D eigenvalue weighted by atomic mass is 9.87. The van der Waals surface area contributed by atoms with Crippen molar-refractivity contribution in [3.8, 4) is 5.75 Å². The number of benzene rings is 2. The van der Waals surface area contributed by atoms with Gasteiger partial charge in [-0.25, -0.2) is 0 Å². The molecule has 2 atom stereocenters. The standard InChI is InChI=1S/C30H33NO6S/c1-19(32)36-22(16-35-21-11-9-20(10-12-21)29(2,3)4)15-31-14-13-30(17-31)18-38-28-26(34)25(33)23-7-5-6-8-24(23)27(28)37-30/h5-12,22H,13-18H2,1-4H3/t22-,30?/m0/s1. The number of fused-ring (bicyclic) bond motifs is 2. The highest BCUT2D eigenvalue weighted by molar-refractivity contribution is 8.04. The summed E-state index contributed by atoms with van der Waals surface area (Å²) in [7, 11) is 0. The van der Waals surface area contributed by atoms with E-state index in [1.165, 1.54) is 24.2 Å². The van der Waals surface area contributed by atoms with E-state index in [1.807, 2.05) is 24.3 Å². The van der Waals surface area contributed by atoms with Gasteiger partial charge >= 0.3 is 5.97 Å². The molecule has 0 saturated carbocycles. The summed E-state index contributed by atoms with van der Waals surface area (Å²) in [6, 6.07) is 15.1. The highest BCUT2D eigenvalue weighted by Gasteiger charge is 2.48. The summed E-state index contributed by atoms with van der Waals surface area (Å²) in [4.78, 5) is 39.7. The number of allylic oxidation sites excluding steroid dienone is 1. The summed E-state index contributed by atoms with van der Waals surface area (Å²) in [6.07, 6.45) is 0.328. The number of Topliss-reactive ketones (excluding diaryl/α,β-unsaturated/α-hetero) is 2. The van der Waals surface area contributed by atoms with Crippen molar-refractivity contribution in [3.63, 3.8) is 0 Å². The first-order valence-corrected chi connectivity index (χ1v) is 13.9. The van der Waals surface area contributed by atoms with Gasteiger partial charge in [-0.1, -0.05) is 57.2 Å². The van der Waals surface area contributed by atoms with Gasteiger partial charge in [-0.2, -0.15) is 0 Å². The molecule has 0 aromatic heterocycles. The number of esters is 1. The SMILES string of the molecule is CC(=O)O[C@H](COc1ccc(C(C)(C)C)cc1)CN1CCC2(CSC3=C(O2)c2ccccc2C(=O)C3=O)C1. The minimum atomic E-state index is -0.490. The van der Waals surface area contributed by atoms with E-state index < -0.39 is 23.3 Å². The quantitative estimate of drug-likeness (QED) is 0.391. The lowest BCUT2D eigenvalue weighted by molar-refractivity contribution is -0.148. The highest BCUT2D eigenvalue weighted by atomic mass is 32.2. The van der Waals surface area contributed by atoms with E-state index in [0.29, 0.717) is 40.6 Å². The molecule has 2 aromatic carbocycles. The molecule has 2 aromatic rings. The van der Waals surface area contributed by atoms with Gasteiger partial charge in [0.2, 0.25) is 11.6 Å². The molecule has 0 N–H and O–H groups in total. The van der Waals surface area contributed by atoms with Gasteiger partial charge in [0.05, 0.1) is 0 Å². The van der Waals surface area contributed by atoms with Crippen LogP contribution in [-0.2, 0) is 24.5 Å². The summed E-state index contributed by atoms with van der Waals surface area (Å²) in [5, 5.41) is 0. The third-order valence-corrected chi connectivity index (χ3v) is 8.51. The Morgan fingerprint density at radius 1 is 1.08 bits per heavy atom. The third kappa shape index (κ3) is 5.38. The van der Waals surface area contributed by atoms with Gasteiger partial charge in [0.15, 0.2) is 0 Å². The zero-order valence-electron chi connectivity index (χ0n) is 22.2. The number of ether oxygens (including phenoxy) is 3. The van der Waals surface area contributed by atoms with E-state index in [1.54, 1.807) is 12.1 Å². The Bertz CT molecular complexity index is 1290. The van der Waals surface area contributed by atoms with Gasteiger partial charge < -0.3 is 14.2 Å². The normalized spacial score (nSPS) is 22.1. The van der Waals surface area contributed by atoms with Crippen molar-refractivity contribution in [3.05, 3.63) is 70.1 Å². The molecule has 38 heavy (non-hydrogen) atoms. The first-order valence-electron chi connectivity index (χ1n) is 12.9. The molecular weight excluding hydrogens is 502 g/mol. The molecule has 1 unspecified atom stereocenters. The first kappa shape index (κ1) is 26.5. The minimum absolute atomic E-state index is 0.0589. The molecule has 0 radical (unpaired) electrons. The second-order valence-corrected chi connectivity index (χ2v) is 12.2. The van der Waals surface area contributed by atoms with Crippen molar-refractivity contribution in [1.82, 2.24) is 4.90 Å². The predicted octanol–water partition coefficient (Wildman–Crippen LogP) is 4.64. The molecule has 1 aliphatic carbocycles. The van der Waals surface area contributed by atoms with Crippen LogP contribution in [0.2, 0.25) is 0 Å². The van der Waals surface area contributed by atoms with Crippen molar-refractivity contribution in [2.45, 2.75) is 51.2 Å². The number of nitrogens with zero attached hydrogens (tertiary/aromatic N) is 1. The molecule has 1 spiro atoms. The number of likely N-dealkylation sites (tertiary alicyclic amines) is 1. The summed E-state index contributed by atoms with van der Waals surface area (Å²) in [5.41, 5.74) is 1.87. The van der Waals surface area contributed by atoms with E-state index in [9.17, 15) is 14.4 Å². The lowest BCUT2D eigenvalue weighted by Gasteiger charge is -2.38. The predicted molar refractivity (Wildman–Crippen MR) is 146 cm³/mol. The molecule has 8 heteroatoms. The highest BCUT2D eigenvalue weighted by Crippen LogP contribution is 2.46. The Hall–Kier alpha value is -3.10. The molecule has 3 aliphatic rings. The first-order chi connectivity index (χ1) is 18.0. The van der Waals surface area contributed by atoms with E-state index in [2.05, 4.69) is 37.8 Å². The number of hydrogen-bond acceptors (Lipinski definition) is 8. The monoisotopic (exact) mass is 535 g/mol. The molecule has 1 fully saturated rings. The van der Waals surface area contributed by atoms with Gasteiger partial charge in [-0.3, -0.25) is 19.3 Å². The van der Waals surface area contributed by atoms with Crippen LogP contribution in [0.1, 0.15) is 55.6 Å². The van der Waals surface area contributed by atoms with Crippen molar-refractivity contribution in [2.24, 2.45) is 0 Å². The molecule has 0 amide bonds. The maximum absolute atomic E-state index is 12.7. The Morgan fingerprint density at radius 3 is 2.47 bits per heavy atom. The Balaban J connectivity index is 1.25. The van der Waals surface area contributed by atoms with Crippen LogP contribution in [0.5, 0.6) is 5.75 Å². The van der Waals surface area contributed by atoms with Gasteiger partial charge in [-0.15, -0.1) is 11.8 Å². The fraction of sp³-hybridized carbons (Fsp3) is 0.433. The Kier molecular flexibility index (Phi) is 7.13. The molecule has 7 nitrogen and oxygen atoms in total. The summed E-state index contributed by atoms with van der Waals surface area (Å²) >= 11 is 1.41. The second kappa shape index (κ2) is 10.2. The Morgan fingerprint density at radius 2 is 1.79 bits per heavy atom. The van der Waals surface area contributed by atoms with Crippen LogP contribution in [0.25, 0.3) is 5.76 Å². The molecule has 2 aliphatic heterocycles. The molecule has 1 saturated heterocycles. The number of thioether (sulfide) groups is 1. The summed E-state index contributed by atoms with van der Waals surface area (Å²) in [5.74, 6) is 0.513. The summed E-state index contributed by atoms with van der Waals surface area (Å²) < 4.78 is 18.2.